The monoisotopic (exact) mass is 291 g/mol. The maximum atomic E-state index is 11.8. The van der Waals surface area contributed by atoms with Gasteiger partial charge in [-0.3, -0.25) is 0 Å². The van der Waals surface area contributed by atoms with Crippen molar-refractivity contribution in [2.45, 2.75) is 38.8 Å². The normalized spacial score (nSPS) is 13.1. The van der Waals surface area contributed by atoms with E-state index in [1.807, 2.05) is 33.0 Å². The molecular formula is C14H21N5O2. The summed E-state index contributed by atoms with van der Waals surface area (Å²) in [6, 6.07) is 1.61. The Bertz CT molecular complexity index is 617. The molecule has 0 aliphatic rings. The van der Waals surface area contributed by atoms with Crippen molar-refractivity contribution in [3.63, 3.8) is 0 Å². The lowest BCUT2D eigenvalue weighted by Crippen LogP contribution is -2.44. The van der Waals surface area contributed by atoms with Crippen molar-refractivity contribution >= 4 is 11.7 Å². The Labute approximate surface area is 123 Å². The fourth-order valence-corrected chi connectivity index (χ4v) is 1.91. The van der Waals surface area contributed by atoms with Crippen LogP contribution in [0.15, 0.2) is 24.7 Å². The van der Waals surface area contributed by atoms with Crippen molar-refractivity contribution in [2.75, 3.05) is 6.54 Å². The van der Waals surface area contributed by atoms with Gasteiger partial charge in [0.2, 0.25) is 0 Å². The molecule has 0 saturated carbocycles. The second kappa shape index (κ2) is 6.09. The van der Waals surface area contributed by atoms with Gasteiger partial charge in [-0.05, 0) is 32.8 Å². The number of alkyl carbamates (subject to hydrolysis) is 1. The molecule has 2 heterocycles. The summed E-state index contributed by atoms with van der Waals surface area (Å²) < 4.78 is 6.92. The van der Waals surface area contributed by atoms with Crippen LogP contribution >= 0.6 is 0 Å². The molecule has 1 atom stereocenters. The van der Waals surface area contributed by atoms with Gasteiger partial charge in [0.1, 0.15) is 5.60 Å². The molecule has 114 valence electrons. The summed E-state index contributed by atoms with van der Waals surface area (Å²) in [5, 5.41) is 6.90. The molecule has 0 aliphatic heterocycles. The third-order valence-corrected chi connectivity index (χ3v) is 2.79. The molecule has 0 radical (unpaired) electrons. The number of hydrogen-bond donors (Lipinski definition) is 2. The van der Waals surface area contributed by atoms with Gasteiger partial charge in [-0.25, -0.2) is 14.3 Å². The molecule has 0 bridgehead atoms. The van der Waals surface area contributed by atoms with Crippen molar-refractivity contribution in [3.8, 4) is 0 Å². The third kappa shape index (κ3) is 4.42. The molecule has 7 nitrogen and oxygen atoms in total. The van der Waals surface area contributed by atoms with Gasteiger partial charge in [0.25, 0.3) is 0 Å². The number of aromatic nitrogens is 3. The summed E-state index contributed by atoms with van der Waals surface area (Å²) in [6.07, 6.45) is 5.42. The first-order chi connectivity index (χ1) is 9.87. The zero-order valence-corrected chi connectivity index (χ0v) is 12.5. The van der Waals surface area contributed by atoms with Crippen LogP contribution in [0.4, 0.5) is 4.79 Å². The van der Waals surface area contributed by atoms with E-state index in [2.05, 4.69) is 15.4 Å². The molecule has 2 aromatic rings. The number of nitrogens with two attached hydrogens (primary N) is 1. The van der Waals surface area contributed by atoms with Gasteiger partial charge in [0.05, 0.1) is 6.20 Å². The van der Waals surface area contributed by atoms with Crippen LogP contribution in [0.3, 0.4) is 0 Å². The number of ether oxygens (including phenoxy) is 1. The van der Waals surface area contributed by atoms with Gasteiger partial charge in [-0.2, -0.15) is 5.10 Å². The number of fused-ring (bicyclic) bond motifs is 1. The average molecular weight is 291 g/mol. The van der Waals surface area contributed by atoms with Gasteiger partial charge in [0, 0.05) is 31.0 Å². The highest BCUT2D eigenvalue weighted by Crippen LogP contribution is 2.08. The van der Waals surface area contributed by atoms with Crippen molar-refractivity contribution in [1.29, 1.82) is 0 Å². The number of carbonyl (C=O) groups excluding carboxylic acids is 1. The van der Waals surface area contributed by atoms with Crippen LogP contribution in [0.25, 0.3) is 5.65 Å². The van der Waals surface area contributed by atoms with Gasteiger partial charge in [0.15, 0.2) is 5.65 Å². The largest absolute Gasteiger partial charge is 0.444 e. The molecule has 21 heavy (non-hydrogen) atoms. The van der Waals surface area contributed by atoms with Crippen molar-refractivity contribution in [2.24, 2.45) is 5.73 Å². The zero-order chi connectivity index (χ0) is 15.5. The Hall–Kier alpha value is -2.15. The molecule has 0 fully saturated rings. The van der Waals surface area contributed by atoms with Crippen LogP contribution in [0.1, 0.15) is 26.3 Å². The molecule has 7 heteroatoms. The Kier molecular flexibility index (Phi) is 4.42. The lowest BCUT2D eigenvalue weighted by Gasteiger charge is -2.23. The highest BCUT2D eigenvalue weighted by Gasteiger charge is 2.19. The minimum atomic E-state index is -0.529. The topological polar surface area (TPSA) is 94.5 Å². The van der Waals surface area contributed by atoms with Gasteiger partial charge in [-0.1, -0.05) is 0 Å². The van der Waals surface area contributed by atoms with Crippen LogP contribution in [0.5, 0.6) is 0 Å². The smallest absolute Gasteiger partial charge is 0.407 e. The molecule has 0 spiro atoms. The first-order valence-electron chi connectivity index (χ1n) is 6.85. The fraction of sp³-hybridized carbons (Fsp3) is 0.500. The summed E-state index contributed by atoms with van der Waals surface area (Å²) in [5.41, 5.74) is 6.91. The standard InChI is InChI=1S/C14H21N5O2/c1-14(2,3)21-13(20)18-11(7-15)6-10-8-16-12-4-5-17-19(12)9-10/h4-5,8-9,11H,6-7,15H2,1-3H3,(H,18,20). The van der Waals surface area contributed by atoms with Crippen LogP contribution in [0.2, 0.25) is 0 Å². The first-order valence-corrected chi connectivity index (χ1v) is 6.85. The number of nitrogens with one attached hydrogen (secondary N) is 1. The predicted octanol–water partition coefficient (Wildman–Crippen LogP) is 1.12. The van der Waals surface area contributed by atoms with E-state index < -0.39 is 11.7 Å². The summed E-state index contributed by atoms with van der Waals surface area (Å²) in [4.78, 5) is 16.0. The Morgan fingerprint density at radius 3 is 2.95 bits per heavy atom. The Morgan fingerprint density at radius 2 is 2.29 bits per heavy atom. The number of rotatable bonds is 4. The average Bonchev–Trinajstić information content (AvgIpc) is 2.83. The second-order valence-electron chi connectivity index (χ2n) is 5.88. The first kappa shape index (κ1) is 15.2. The van der Waals surface area contributed by atoms with E-state index in [4.69, 9.17) is 10.5 Å². The summed E-state index contributed by atoms with van der Waals surface area (Å²) in [5.74, 6) is 0. The molecular weight excluding hydrogens is 270 g/mol. The van der Waals surface area contributed by atoms with Crippen molar-refractivity contribution < 1.29 is 9.53 Å². The summed E-state index contributed by atoms with van der Waals surface area (Å²) >= 11 is 0. The van der Waals surface area contributed by atoms with Crippen LogP contribution in [-0.4, -0.2) is 38.9 Å². The minimum Gasteiger partial charge on any atom is -0.444 e. The summed E-state index contributed by atoms with van der Waals surface area (Å²) in [6.45, 7) is 5.77. The fourth-order valence-electron chi connectivity index (χ4n) is 1.91. The number of amides is 1. The maximum absolute atomic E-state index is 11.8. The van der Waals surface area contributed by atoms with E-state index in [0.717, 1.165) is 11.2 Å². The zero-order valence-electron chi connectivity index (χ0n) is 12.5. The summed E-state index contributed by atoms with van der Waals surface area (Å²) in [7, 11) is 0. The van der Waals surface area contributed by atoms with Crippen LogP contribution < -0.4 is 11.1 Å². The molecule has 1 unspecified atom stereocenters. The molecule has 0 aromatic carbocycles. The lowest BCUT2D eigenvalue weighted by atomic mass is 10.1. The highest BCUT2D eigenvalue weighted by molar-refractivity contribution is 5.68. The van der Waals surface area contributed by atoms with E-state index in [9.17, 15) is 4.79 Å². The quantitative estimate of drug-likeness (QED) is 0.880. The van der Waals surface area contributed by atoms with E-state index in [1.54, 1.807) is 16.9 Å². The van der Waals surface area contributed by atoms with E-state index >= 15 is 0 Å². The van der Waals surface area contributed by atoms with Crippen molar-refractivity contribution in [3.05, 3.63) is 30.2 Å². The molecule has 1 amide bonds. The van der Waals surface area contributed by atoms with E-state index in [1.165, 1.54) is 0 Å². The van der Waals surface area contributed by atoms with Gasteiger partial charge >= 0.3 is 6.09 Å². The van der Waals surface area contributed by atoms with Gasteiger partial charge < -0.3 is 15.8 Å². The SMILES string of the molecule is CC(C)(C)OC(=O)NC(CN)Cc1cnc2ccnn2c1. The van der Waals surface area contributed by atoms with Crippen molar-refractivity contribution in [1.82, 2.24) is 19.9 Å². The second-order valence-corrected chi connectivity index (χ2v) is 5.88. The predicted molar refractivity (Wildman–Crippen MR) is 78.9 cm³/mol. The van der Waals surface area contributed by atoms with Crippen LogP contribution in [0, 0.1) is 0 Å². The molecule has 3 N–H and O–H groups in total. The highest BCUT2D eigenvalue weighted by atomic mass is 16.6. The Morgan fingerprint density at radius 1 is 1.52 bits per heavy atom. The molecule has 0 saturated heterocycles. The number of nitrogens with zero attached hydrogens (tertiary/aromatic N) is 3. The van der Waals surface area contributed by atoms with Gasteiger partial charge in [-0.15, -0.1) is 0 Å². The lowest BCUT2D eigenvalue weighted by molar-refractivity contribution is 0.0506. The van der Waals surface area contributed by atoms with Crippen LogP contribution in [-0.2, 0) is 11.2 Å². The molecule has 0 aliphatic carbocycles. The molecule has 2 rings (SSSR count). The molecule has 2 aromatic heterocycles. The number of carbonyl (C=O) groups is 1. The Balaban J connectivity index is 1.99. The maximum Gasteiger partial charge on any atom is 0.407 e. The van der Waals surface area contributed by atoms with E-state index in [0.29, 0.717) is 13.0 Å². The number of hydrogen-bond acceptors (Lipinski definition) is 5. The van der Waals surface area contributed by atoms with E-state index in [-0.39, 0.29) is 6.04 Å². The third-order valence-electron chi connectivity index (χ3n) is 2.79. The minimum absolute atomic E-state index is 0.213.